The summed E-state index contributed by atoms with van der Waals surface area (Å²) >= 11 is 0. The predicted octanol–water partition coefficient (Wildman–Crippen LogP) is 3.12. The van der Waals surface area contributed by atoms with Crippen LogP contribution in [-0.4, -0.2) is 10.7 Å². The van der Waals surface area contributed by atoms with Crippen LogP contribution in [0, 0.1) is 0 Å². The molecule has 0 saturated carbocycles. The van der Waals surface area contributed by atoms with Gasteiger partial charge >= 0.3 is 0 Å². The molecule has 0 aliphatic heterocycles. The zero-order valence-corrected chi connectivity index (χ0v) is 12.4. The second-order valence-electron chi connectivity index (χ2n) is 4.99. The lowest BCUT2D eigenvalue weighted by molar-refractivity contribution is -0.737. The van der Waals surface area contributed by atoms with E-state index < -0.39 is 0 Å². The Morgan fingerprint density at radius 1 is 1.16 bits per heavy atom. The van der Waals surface area contributed by atoms with Gasteiger partial charge in [0.25, 0.3) is 5.82 Å². The molecular formula is C16H24N3+. The van der Waals surface area contributed by atoms with E-state index in [1.165, 1.54) is 17.1 Å². The van der Waals surface area contributed by atoms with E-state index in [4.69, 9.17) is 0 Å². The van der Waals surface area contributed by atoms with Gasteiger partial charge in [-0.05, 0) is 12.8 Å². The molecule has 3 heteroatoms. The van der Waals surface area contributed by atoms with Crippen molar-refractivity contribution >= 4 is 5.82 Å². The van der Waals surface area contributed by atoms with Crippen molar-refractivity contribution in [2.24, 2.45) is 14.1 Å². The van der Waals surface area contributed by atoms with E-state index in [0.717, 1.165) is 12.8 Å². The smallest absolute Gasteiger partial charge is 0.270 e. The van der Waals surface area contributed by atoms with Gasteiger partial charge < -0.3 is 0 Å². The zero-order valence-electron chi connectivity index (χ0n) is 12.4. The van der Waals surface area contributed by atoms with Crippen LogP contribution in [0.4, 0.5) is 5.82 Å². The van der Waals surface area contributed by atoms with Crippen LogP contribution in [0.15, 0.2) is 36.4 Å². The molecule has 1 aromatic heterocycles. The van der Waals surface area contributed by atoms with E-state index in [2.05, 4.69) is 79.0 Å². The molecule has 0 aliphatic rings. The van der Waals surface area contributed by atoms with Gasteiger partial charge in [-0.15, -0.1) is 0 Å². The summed E-state index contributed by atoms with van der Waals surface area (Å²) in [6, 6.07) is 13.3. The molecule has 1 aromatic carbocycles. The molecule has 0 spiro atoms. The van der Waals surface area contributed by atoms with E-state index in [1.807, 2.05) is 0 Å². The van der Waals surface area contributed by atoms with Gasteiger partial charge in [0.2, 0.25) is 0 Å². The van der Waals surface area contributed by atoms with Gasteiger partial charge in [0.05, 0.1) is 17.8 Å². The molecule has 2 aromatic rings. The van der Waals surface area contributed by atoms with Gasteiger partial charge in [0.1, 0.15) is 7.05 Å². The summed E-state index contributed by atoms with van der Waals surface area (Å²) < 4.78 is 4.35. The quantitative estimate of drug-likeness (QED) is 0.817. The maximum absolute atomic E-state index is 3.62. The average molecular weight is 258 g/mol. The summed E-state index contributed by atoms with van der Waals surface area (Å²) in [6.07, 6.45) is 2.29. The fourth-order valence-corrected chi connectivity index (χ4v) is 2.36. The molecule has 0 radical (unpaired) electrons. The highest BCUT2D eigenvalue weighted by Crippen LogP contribution is 2.21. The van der Waals surface area contributed by atoms with Crippen molar-refractivity contribution in [1.82, 2.24) is 4.68 Å². The second kappa shape index (κ2) is 5.91. The Morgan fingerprint density at radius 2 is 1.79 bits per heavy atom. The standard InChI is InChI=1S/C16H23N3/c1-5-14(6-2)17-16-12-15(18(3)19(16)4)13-10-8-7-9-11-13/h7-12,14H,5-6H2,1-4H3/p+1. The van der Waals surface area contributed by atoms with Crippen molar-refractivity contribution in [2.75, 3.05) is 5.32 Å². The normalized spacial score (nSPS) is 11.0. The lowest BCUT2D eigenvalue weighted by Gasteiger charge is -2.09. The first-order valence-electron chi connectivity index (χ1n) is 7.05. The number of nitrogens with one attached hydrogen (secondary N) is 1. The van der Waals surface area contributed by atoms with Crippen molar-refractivity contribution in [1.29, 1.82) is 0 Å². The highest BCUT2D eigenvalue weighted by Gasteiger charge is 2.18. The van der Waals surface area contributed by atoms with Gasteiger partial charge in [0, 0.05) is 12.6 Å². The zero-order chi connectivity index (χ0) is 13.8. The number of benzene rings is 1. The van der Waals surface area contributed by atoms with Crippen LogP contribution < -0.4 is 10.00 Å². The fourth-order valence-electron chi connectivity index (χ4n) is 2.36. The molecule has 0 bridgehead atoms. The van der Waals surface area contributed by atoms with E-state index in [9.17, 15) is 0 Å². The number of aromatic nitrogens is 2. The minimum Gasteiger partial charge on any atom is -0.270 e. The van der Waals surface area contributed by atoms with Crippen LogP contribution in [0.25, 0.3) is 11.3 Å². The maximum atomic E-state index is 3.62. The summed E-state index contributed by atoms with van der Waals surface area (Å²) in [6.45, 7) is 4.45. The molecule has 0 unspecified atom stereocenters. The Kier molecular flexibility index (Phi) is 4.25. The van der Waals surface area contributed by atoms with Crippen LogP contribution in [-0.2, 0) is 14.1 Å². The van der Waals surface area contributed by atoms with Crippen LogP contribution in [0.2, 0.25) is 0 Å². The molecular weight excluding hydrogens is 234 g/mol. The first kappa shape index (κ1) is 13.7. The third-order valence-electron chi connectivity index (χ3n) is 3.83. The highest BCUT2D eigenvalue weighted by molar-refractivity contribution is 5.61. The number of hydrogen-bond donors (Lipinski definition) is 1. The van der Waals surface area contributed by atoms with E-state index in [1.54, 1.807) is 0 Å². The van der Waals surface area contributed by atoms with E-state index in [0.29, 0.717) is 6.04 Å². The molecule has 1 N–H and O–H groups in total. The third-order valence-corrected chi connectivity index (χ3v) is 3.83. The number of hydrogen-bond acceptors (Lipinski definition) is 1. The van der Waals surface area contributed by atoms with Gasteiger partial charge in [-0.3, -0.25) is 5.32 Å². The van der Waals surface area contributed by atoms with Crippen LogP contribution in [0.3, 0.4) is 0 Å². The van der Waals surface area contributed by atoms with Crippen LogP contribution in [0.5, 0.6) is 0 Å². The largest absolute Gasteiger partial charge is 0.295 e. The maximum Gasteiger partial charge on any atom is 0.295 e. The summed E-state index contributed by atoms with van der Waals surface area (Å²) in [5.74, 6) is 1.18. The summed E-state index contributed by atoms with van der Waals surface area (Å²) in [5.41, 5.74) is 2.48. The third kappa shape index (κ3) is 2.80. The number of anilines is 1. The Hall–Kier alpha value is -1.77. The second-order valence-corrected chi connectivity index (χ2v) is 4.99. The molecule has 19 heavy (non-hydrogen) atoms. The summed E-state index contributed by atoms with van der Waals surface area (Å²) in [4.78, 5) is 0. The fraction of sp³-hybridized carbons (Fsp3) is 0.438. The number of rotatable bonds is 5. The Labute approximate surface area is 115 Å². The molecule has 102 valence electrons. The molecule has 0 aliphatic carbocycles. The average Bonchev–Trinajstić information content (AvgIpc) is 2.74. The minimum atomic E-state index is 0.539. The topological polar surface area (TPSA) is 20.8 Å². The molecule has 0 atom stereocenters. The Bertz CT molecular complexity index is 524. The number of nitrogens with zero attached hydrogens (tertiary/aromatic N) is 2. The van der Waals surface area contributed by atoms with Crippen molar-refractivity contribution < 1.29 is 4.68 Å². The summed E-state index contributed by atoms with van der Waals surface area (Å²) in [7, 11) is 4.19. The van der Waals surface area contributed by atoms with E-state index in [-0.39, 0.29) is 0 Å². The summed E-state index contributed by atoms with van der Waals surface area (Å²) in [5, 5.41) is 3.62. The monoisotopic (exact) mass is 258 g/mol. The molecule has 0 saturated heterocycles. The SMILES string of the molecule is CCC(CC)Nc1cc(-c2ccccc2)n(C)[n+]1C. The van der Waals surface area contributed by atoms with Gasteiger partial charge in [-0.2, -0.15) is 4.68 Å². The predicted molar refractivity (Wildman–Crippen MR) is 80.0 cm³/mol. The lowest BCUT2D eigenvalue weighted by Crippen LogP contribution is -2.41. The van der Waals surface area contributed by atoms with Crippen molar-refractivity contribution in [2.45, 2.75) is 32.7 Å². The van der Waals surface area contributed by atoms with Gasteiger partial charge in [-0.25, -0.2) is 4.68 Å². The highest BCUT2D eigenvalue weighted by atomic mass is 15.4. The Morgan fingerprint density at radius 3 is 2.37 bits per heavy atom. The van der Waals surface area contributed by atoms with Crippen molar-refractivity contribution in [3.63, 3.8) is 0 Å². The molecule has 2 rings (SSSR count). The molecule has 0 fully saturated rings. The lowest BCUT2D eigenvalue weighted by atomic mass is 10.1. The van der Waals surface area contributed by atoms with Gasteiger partial charge in [0.15, 0.2) is 0 Å². The first-order chi connectivity index (χ1) is 9.17. The minimum absolute atomic E-state index is 0.539. The Balaban J connectivity index is 2.33. The molecule has 3 nitrogen and oxygen atoms in total. The molecule has 1 heterocycles. The van der Waals surface area contributed by atoms with Crippen molar-refractivity contribution in [3.8, 4) is 11.3 Å². The van der Waals surface area contributed by atoms with Crippen molar-refractivity contribution in [3.05, 3.63) is 36.4 Å². The van der Waals surface area contributed by atoms with Crippen LogP contribution >= 0.6 is 0 Å². The first-order valence-corrected chi connectivity index (χ1v) is 7.05. The van der Waals surface area contributed by atoms with Crippen LogP contribution in [0.1, 0.15) is 26.7 Å². The van der Waals surface area contributed by atoms with E-state index >= 15 is 0 Å². The molecule has 0 amide bonds. The van der Waals surface area contributed by atoms with Gasteiger partial charge in [-0.1, -0.05) is 44.2 Å².